The largest absolute Gasteiger partial charge is 0.493 e. The van der Waals surface area contributed by atoms with Crippen molar-refractivity contribution in [2.45, 2.75) is 121 Å². The fourth-order valence-corrected chi connectivity index (χ4v) is 9.84. The van der Waals surface area contributed by atoms with E-state index in [-0.39, 0.29) is 11.8 Å². The highest BCUT2D eigenvalue weighted by molar-refractivity contribution is 6.06. The summed E-state index contributed by atoms with van der Waals surface area (Å²) < 4.78 is 63.3. The van der Waals surface area contributed by atoms with Gasteiger partial charge in [-0.15, -0.1) is 0 Å². The van der Waals surface area contributed by atoms with Crippen LogP contribution in [0.5, 0.6) is 57.5 Å². The number of hydrogen-bond acceptors (Lipinski definition) is 12. The van der Waals surface area contributed by atoms with E-state index in [0.29, 0.717) is 149 Å². The third-order valence-electron chi connectivity index (χ3n) is 13.0. The molecule has 6 aromatic carbocycles. The maximum absolute atomic E-state index is 14.6. The molecule has 0 radical (unpaired) electrons. The quantitative estimate of drug-likeness (QED) is 0.0480. The van der Waals surface area contributed by atoms with Gasteiger partial charge in [0.15, 0.2) is 23.0 Å². The molecule has 1 aliphatic carbocycles. The van der Waals surface area contributed by atoms with Gasteiger partial charge in [-0.3, -0.25) is 9.59 Å². The van der Waals surface area contributed by atoms with Crippen LogP contribution in [0.3, 0.4) is 0 Å². The van der Waals surface area contributed by atoms with E-state index in [0.717, 1.165) is 93.2 Å². The van der Waals surface area contributed by atoms with Crippen LogP contribution in [0.4, 0.5) is 11.4 Å². The van der Waals surface area contributed by atoms with Crippen LogP contribution in [-0.4, -0.2) is 77.9 Å². The summed E-state index contributed by atoms with van der Waals surface area (Å²) in [5, 5.41) is 6.51. The van der Waals surface area contributed by atoms with Crippen molar-refractivity contribution in [2.24, 2.45) is 0 Å². The zero-order valence-corrected chi connectivity index (χ0v) is 48.7. The molecule has 7 rings (SSSR count). The molecule has 428 valence electrons. The standard InChI is InChI=1S/C66H82N2O12/c1-11-27-77-59-43-23-21-24-44(59)32-48-36-54(68-66(70)52-41-57(73-17-7)64(76-20-10)58(42-52)74-18-8)38-50(62(48)80-30-14-4)34-46-26-22-25-45(60(46)78-28-12-2)33-49-37-53(35-47(31-43)61(49)79-29-13-3)67-65(69)51-39-55(71-15-5)63(75-19-9)56(40-51)72-16-6/h21-26,35-42H,11-20,27-34H2,1-10H3,(H,67,69)(H,68,70). The van der Waals surface area contributed by atoms with Gasteiger partial charge in [0.25, 0.3) is 11.8 Å². The summed E-state index contributed by atoms with van der Waals surface area (Å²) in [6.45, 7) is 23.9. The average molecular weight is 1100 g/mol. The second kappa shape index (κ2) is 30.0. The van der Waals surface area contributed by atoms with Crippen molar-refractivity contribution in [1.29, 1.82) is 0 Å². The van der Waals surface area contributed by atoms with Gasteiger partial charge in [-0.2, -0.15) is 0 Å². The Bertz CT molecular complexity index is 2690. The SMILES string of the molecule is CCCOc1c2cccc1Cc1cc(NC(=O)c3cc(OCC)c(OCC)c(OCC)c3)cc(c1OCCC)Cc1cccc(c1OCCC)Cc1cc(NC(=O)c3cc(OCC)c(OCC)c(OCC)c3)cc(c1OCCC)C2. The van der Waals surface area contributed by atoms with Crippen molar-refractivity contribution in [2.75, 3.05) is 76.7 Å². The molecule has 8 bridgehead atoms. The summed E-state index contributed by atoms with van der Waals surface area (Å²) in [7, 11) is 0. The zero-order valence-electron chi connectivity index (χ0n) is 48.7. The maximum Gasteiger partial charge on any atom is 0.255 e. The van der Waals surface area contributed by atoms with Crippen molar-refractivity contribution in [3.8, 4) is 57.5 Å². The normalized spacial score (nSPS) is 11.7. The molecule has 0 atom stereocenters. The highest BCUT2D eigenvalue weighted by Gasteiger charge is 2.26. The molecule has 0 heterocycles. The number of carbonyl (C=O) groups excluding carboxylic acids is 2. The van der Waals surface area contributed by atoms with Gasteiger partial charge in [0.2, 0.25) is 11.5 Å². The van der Waals surface area contributed by atoms with Crippen LogP contribution in [-0.2, 0) is 25.7 Å². The maximum atomic E-state index is 14.6. The number of nitrogens with one attached hydrogen (secondary N) is 2. The first kappa shape index (κ1) is 59.9. The number of hydrogen-bond donors (Lipinski definition) is 2. The molecular formula is C66H82N2O12. The monoisotopic (exact) mass is 1090 g/mol. The summed E-state index contributed by atoms with van der Waals surface area (Å²) in [4.78, 5) is 29.2. The Morgan fingerprint density at radius 1 is 0.325 bits per heavy atom. The van der Waals surface area contributed by atoms with Gasteiger partial charge in [0.1, 0.15) is 23.0 Å². The van der Waals surface area contributed by atoms with Crippen molar-refractivity contribution >= 4 is 23.2 Å². The first-order valence-electron chi connectivity index (χ1n) is 28.8. The molecular weight excluding hydrogens is 1010 g/mol. The Labute approximate surface area is 473 Å². The molecule has 0 aliphatic heterocycles. The van der Waals surface area contributed by atoms with E-state index in [2.05, 4.69) is 74.7 Å². The van der Waals surface area contributed by atoms with Gasteiger partial charge in [0, 0.05) is 70.4 Å². The van der Waals surface area contributed by atoms with Crippen molar-refractivity contribution < 1.29 is 57.0 Å². The Balaban J connectivity index is 1.43. The van der Waals surface area contributed by atoms with Gasteiger partial charge in [-0.05, 0) is 138 Å². The number of amides is 2. The summed E-state index contributed by atoms with van der Waals surface area (Å²) >= 11 is 0. The molecule has 0 fully saturated rings. The molecule has 0 saturated carbocycles. The van der Waals surface area contributed by atoms with E-state index in [1.54, 1.807) is 24.3 Å². The van der Waals surface area contributed by atoms with Crippen LogP contribution in [0.2, 0.25) is 0 Å². The fraction of sp³-hybridized carbons (Fsp3) is 0.424. The Kier molecular flexibility index (Phi) is 22.5. The minimum atomic E-state index is -0.345. The molecule has 0 saturated heterocycles. The van der Waals surface area contributed by atoms with Crippen LogP contribution in [0.15, 0.2) is 84.9 Å². The van der Waals surface area contributed by atoms with Gasteiger partial charge >= 0.3 is 0 Å². The highest BCUT2D eigenvalue weighted by Crippen LogP contribution is 2.44. The van der Waals surface area contributed by atoms with E-state index in [4.69, 9.17) is 47.4 Å². The Hall–Kier alpha value is -7.74. The predicted molar refractivity (Wildman–Crippen MR) is 316 cm³/mol. The lowest BCUT2D eigenvalue weighted by atomic mass is 9.90. The highest BCUT2D eigenvalue weighted by atomic mass is 16.5. The first-order chi connectivity index (χ1) is 39.0. The Morgan fingerprint density at radius 2 is 0.575 bits per heavy atom. The molecule has 6 aromatic rings. The molecule has 2 amide bonds. The van der Waals surface area contributed by atoms with E-state index in [1.165, 1.54) is 0 Å². The van der Waals surface area contributed by atoms with Crippen molar-refractivity contribution in [1.82, 2.24) is 0 Å². The minimum Gasteiger partial charge on any atom is -0.493 e. The number of carbonyl (C=O) groups is 2. The van der Waals surface area contributed by atoms with Crippen molar-refractivity contribution in [3.63, 3.8) is 0 Å². The molecule has 14 heteroatoms. The molecule has 1 aliphatic rings. The number of ether oxygens (including phenoxy) is 10. The lowest BCUT2D eigenvalue weighted by molar-refractivity contribution is 0.101. The molecule has 80 heavy (non-hydrogen) atoms. The van der Waals surface area contributed by atoms with Gasteiger partial charge in [-0.1, -0.05) is 64.1 Å². The number of anilines is 2. The fourth-order valence-electron chi connectivity index (χ4n) is 9.84. The average Bonchev–Trinajstić information content (AvgIpc) is 3.50. The molecule has 14 nitrogen and oxygen atoms in total. The van der Waals surface area contributed by atoms with Crippen LogP contribution in [0.25, 0.3) is 0 Å². The second-order valence-corrected chi connectivity index (χ2v) is 19.3. The summed E-state index contributed by atoms with van der Waals surface area (Å²) in [5.41, 5.74) is 9.11. The summed E-state index contributed by atoms with van der Waals surface area (Å²) in [6.07, 6.45) is 4.76. The number of para-hydroxylation sites is 2. The Morgan fingerprint density at radius 3 is 0.812 bits per heavy atom. The number of rotatable bonds is 28. The third kappa shape index (κ3) is 14.9. The molecule has 2 N–H and O–H groups in total. The molecule has 0 unspecified atom stereocenters. The van der Waals surface area contributed by atoms with Gasteiger partial charge in [-0.25, -0.2) is 0 Å². The first-order valence-corrected chi connectivity index (χ1v) is 28.8. The van der Waals surface area contributed by atoms with Gasteiger partial charge < -0.3 is 58.0 Å². The zero-order chi connectivity index (χ0) is 57.0. The molecule has 0 aromatic heterocycles. The third-order valence-corrected chi connectivity index (χ3v) is 13.0. The van der Waals surface area contributed by atoms with Crippen LogP contribution in [0, 0.1) is 0 Å². The van der Waals surface area contributed by atoms with E-state index in [1.807, 2.05) is 65.8 Å². The predicted octanol–water partition coefficient (Wildman–Crippen LogP) is 14.4. The van der Waals surface area contributed by atoms with E-state index in [9.17, 15) is 9.59 Å². The topological polar surface area (TPSA) is 150 Å². The van der Waals surface area contributed by atoms with E-state index >= 15 is 0 Å². The van der Waals surface area contributed by atoms with Crippen LogP contribution < -0.4 is 58.0 Å². The smallest absolute Gasteiger partial charge is 0.255 e. The molecule has 0 spiro atoms. The summed E-state index contributed by atoms with van der Waals surface area (Å²) in [6, 6.07) is 27.3. The number of fused-ring (bicyclic) bond motifs is 8. The van der Waals surface area contributed by atoms with Gasteiger partial charge in [0.05, 0.1) is 66.1 Å². The lowest BCUT2D eigenvalue weighted by Crippen LogP contribution is -2.15. The number of benzene rings is 6. The van der Waals surface area contributed by atoms with Crippen molar-refractivity contribution in [3.05, 3.63) is 141 Å². The lowest BCUT2D eigenvalue weighted by Gasteiger charge is -2.24. The minimum absolute atomic E-state index is 0.345. The second-order valence-electron chi connectivity index (χ2n) is 19.3. The van der Waals surface area contributed by atoms with Crippen LogP contribution in [0.1, 0.15) is 160 Å². The van der Waals surface area contributed by atoms with Crippen LogP contribution >= 0.6 is 0 Å². The summed E-state index contributed by atoms with van der Waals surface area (Å²) in [5.74, 6) is 4.91. The van der Waals surface area contributed by atoms with E-state index < -0.39 is 0 Å².